The summed E-state index contributed by atoms with van der Waals surface area (Å²) in [6.45, 7) is 1.80. The van der Waals surface area contributed by atoms with Gasteiger partial charge in [-0.05, 0) is 15.9 Å². The van der Waals surface area contributed by atoms with Crippen LogP contribution < -0.4 is 4.90 Å². The lowest BCUT2D eigenvalue weighted by molar-refractivity contribution is 0.707. The molecule has 0 fully saturated rings. The number of fused-ring (bicyclic) bond motifs is 1. The van der Waals surface area contributed by atoms with E-state index in [1.54, 1.807) is 12.5 Å². The maximum atomic E-state index is 4.30. The minimum Gasteiger partial charge on any atom is -0.351 e. The molecule has 1 N–H and O–H groups in total. The summed E-state index contributed by atoms with van der Waals surface area (Å²) in [7, 11) is 0. The van der Waals surface area contributed by atoms with Crippen molar-refractivity contribution in [2.24, 2.45) is 0 Å². The molecule has 0 spiro atoms. The van der Waals surface area contributed by atoms with Crippen LogP contribution in [0.15, 0.2) is 23.2 Å². The third-order valence-electron chi connectivity index (χ3n) is 2.75. The van der Waals surface area contributed by atoms with Crippen LogP contribution in [0.25, 0.3) is 0 Å². The first-order valence-electron chi connectivity index (χ1n) is 5.06. The van der Waals surface area contributed by atoms with E-state index in [0.29, 0.717) is 0 Å². The van der Waals surface area contributed by atoms with E-state index in [2.05, 4.69) is 41.0 Å². The van der Waals surface area contributed by atoms with Crippen LogP contribution in [-0.2, 0) is 13.0 Å². The molecule has 0 bridgehead atoms. The maximum Gasteiger partial charge on any atom is 0.146 e. The van der Waals surface area contributed by atoms with Gasteiger partial charge in [0, 0.05) is 37.0 Å². The van der Waals surface area contributed by atoms with Crippen molar-refractivity contribution in [2.45, 2.75) is 13.0 Å². The molecule has 3 heterocycles. The molecule has 0 saturated carbocycles. The van der Waals surface area contributed by atoms with Crippen LogP contribution in [0.2, 0.25) is 0 Å². The third kappa shape index (κ3) is 1.59. The van der Waals surface area contributed by atoms with Gasteiger partial charge < -0.3 is 4.90 Å². The number of rotatable bonds is 1. The Bertz CT molecular complexity index is 509. The van der Waals surface area contributed by atoms with E-state index in [1.807, 2.05) is 6.20 Å². The number of aromatic nitrogens is 4. The van der Waals surface area contributed by atoms with Gasteiger partial charge in [0.25, 0.3) is 0 Å². The summed E-state index contributed by atoms with van der Waals surface area (Å²) in [5.41, 5.74) is 2.48. The van der Waals surface area contributed by atoms with Crippen LogP contribution in [0.5, 0.6) is 0 Å². The summed E-state index contributed by atoms with van der Waals surface area (Å²) in [6, 6.07) is 0. The molecule has 0 amide bonds. The lowest BCUT2D eigenvalue weighted by atomic mass is 10.1. The topological polar surface area (TPSA) is 57.7 Å². The van der Waals surface area contributed by atoms with E-state index in [-0.39, 0.29) is 0 Å². The summed E-state index contributed by atoms with van der Waals surface area (Å²) in [6.07, 6.45) is 6.21. The van der Waals surface area contributed by atoms with Gasteiger partial charge in [-0.2, -0.15) is 5.10 Å². The Morgan fingerprint density at radius 1 is 1.38 bits per heavy atom. The van der Waals surface area contributed by atoms with Gasteiger partial charge in [0.2, 0.25) is 0 Å². The molecule has 0 aliphatic carbocycles. The molecule has 16 heavy (non-hydrogen) atoms. The average Bonchev–Trinajstić information content (AvgIpc) is 2.76. The molecule has 2 aromatic heterocycles. The monoisotopic (exact) mass is 279 g/mol. The number of H-pyrrole nitrogens is 1. The Morgan fingerprint density at radius 3 is 3.19 bits per heavy atom. The SMILES string of the molecule is Brc1cncnc1N1CCc2[nH]ncc2C1. The fourth-order valence-electron chi connectivity index (χ4n) is 1.94. The Hall–Kier alpha value is -1.43. The standard InChI is InChI=1S/C10H10BrN5/c11-8-4-12-6-13-10(8)16-2-1-9-7(5-16)3-14-15-9/h3-4,6H,1-2,5H2,(H,14,15). The van der Waals surface area contributed by atoms with Crippen molar-refractivity contribution in [3.63, 3.8) is 0 Å². The first-order valence-corrected chi connectivity index (χ1v) is 5.85. The molecule has 0 atom stereocenters. The molecule has 0 saturated heterocycles. The van der Waals surface area contributed by atoms with Crippen molar-refractivity contribution in [3.05, 3.63) is 34.5 Å². The molecular formula is C10H10BrN5. The van der Waals surface area contributed by atoms with Crippen LogP contribution >= 0.6 is 15.9 Å². The summed E-state index contributed by atoms with van der Waals surface area (Å²) in [5.74, 6) is 0.946. The van der Waals surface area contributed by atoms with Gasteiger partial charge in [-0.25, -0.2) is 9.97 Å². The molecule has 5 nitrogen and oxygen atoms in total. The predicted octanol–water partition coefficient (Wildman–Crippen LogP) is 1.52. The first kappa shape index (κ1) is 9.77. The number of nitrogens with zero attached hydrogens (tertiary/aromatic N) is 4. The van der Waals surface area contributed by atoms with E-state index < -0.39 is 0 Å². The van der Waals surface area contributed by atoms with Crippen LogP contribution in [-0.4, -0.2) is 26.7 Å². The maximum absolute atomic E-state index is 4.30. The van der Waals surface area contributed by atoms with E-state index in [1.165, 1.54) is 11.3 Å². The van der Waals surface area contributed by atoms with E-state index in [0.717, 1.165) is 29.8 Å². The van der Waals surface area contributed by atoms with Gasteiger partial charge in [-0.15, -0.1) is 0 Å². The second kappa shape index (κ2) is 3.86. The zero-order valence-corrected chi connectivity index (χ0v) is 10.1. The van der Waals surface area contributed by atoms with E-state index in [4.69, 9.17) is 0 Å². The first-order chi connectivity index (χ1) is 7.84. The largest absolute Gasteiger partial charge is 0.351 e. The van der Waals surface area contributed by atoms with Crippen molar-refractivity contribution in [1.29, 1.82) is 0 Å². The normalized spacial score (nSPS) is 14.9. The van der Waals surface area contributed by atoms with Gasteiger partial charge in [-0.3, -0.25) is 5.10 Å². The molecule has 1 aliphatic heterocycles. The third-order valence-corrected chi connectivity index (χ3v) is 3.31. The van der Waals surface area contributed by atoms with Gasteiger partial charge in [0.15, 0.2) is 0 Å². The molecular weight excluding hydrogens is 270 g/mol. The van der Waals surface area contributed by atoms with Crippen molar-refractivity contribution < 1.29 is 0 Å². The number of hydrogen-bond donors (Lipinski definition) is 1. The average molecular weight is 280 g/mol. The summed E-state index contributed by atoms with van der Waals surface area (Å²) in [4.78, 5) is 10.5. The molecule has 82 valence electrons. The highest BCUT2D eigenvalue weighted by Gasteiger charge is 2.20. The number of halogens is 1. The minimum absolute atomic E-state index is 0.849. The number of nitrogens with one attached hydrogen (secondary N) is 1. The minimum atomic E-state index is 0.849. The highest BCUT2D eigenvalue weighted by atomic mass is 79.9. The molecule has 0 aromatic carbocycles. The van der Waals surface area contributed by atoms with Crippen LogP contribution in [0.1, 0.15) is 11.3 Å². The molecule has 1 aliphatic rings. The molecule has 0 unspecified atom stereocenters. The molecule has 6 heteroatoms. The highest BCUT2D eigenvalue weighted by molar-refractivity contribution is 9.10. The number of hydrogen-bond acceptors (Lipinski definition) is 4. The second-order valence-corrected chi connectivity index (χ2v) is 4.59. The van der Waals surface area contributed by atoms with Crippen molar-refractivity contribution >= 4 is 21.7 Å². The Morgan fingerprint density at radius 2 is 2.31 bits per heavy atom. The summed E-state index contributed by atoms with van der Waals surface area (Å²) in [5, 5.41) is 7.08. The van der Waals surface area contributed by atoms with E-state index in [9.17, 15) is 0 Å². The second-order valence-electron chi connectivity index (χ2n) is 3.74. The van der Waals surface area contributed by atoms with Crippen molar-refractivity contribution in [2.75, 3.05) is 11.4 Å². The van der Waals surface area contributed by atoms with Gasteiger partial charge >= 0.3 is 0 Å². The Balaban J connectivity index is 1.92. The zero-order chi connectivity index (χ0) is 11.0. The lowest BCUT2D eigenvalue weighted by Gasteiger charge is -2.27. The van der Waals surface area contributed by atoms with Crippen molar-refractivity contribution in [3.8, 4) is 0 Å². The van der Waals surface area contributed by atoms with Crippen LogP contribution in [0.4, 0.5) is 5.82 Å². The smallest absolute Gasteiger partial charge is 0.146 e. The lowest BCUT2D eigenvalue weighted by Crippen LogP contribution is -2.30. The quantitative estimate of drug-likeness (QED) is 0.860. The number of anilines is 1. The van der Waals surface area contributed by atoms with Gasteiger partial charge in [0.05, 0.1) is 10.7 Å². The molecule has 0 radical (unpaired) electrons. The molecule has 3 rings (SSSR count). The summed E-state index contributed by atoms with van der Waals surface area (Å²) >= 11 is 3.47. The fraction of sp³-hybridized carbons (Fsp3) is 0.300. The van der Waals surface area contributed by atoms with E-state index >= 15 is 0 Å². The van der Waals surface area contributed by atoms with Crippen LogP contribution in [0, 0.1) is 0 Å². The number of aromatic amines is 1. The predicted molar refractivity (Wildman–Crippen MR) is 63.1 cm³/mol. The van der Waals surface area contributed by atoms with Gasteiger partial charge in [-0.1, -0.05) is 0 Å². The Labute approximate surface area is 101 Å². The van der Waals surface area contributed by atoms with Crippen molar-refractivity contribution in [1.82, 2.24) is 20.2 Å². The van der Waals surface area contributed by atoms with Crippen LogP contribution in [0.3, 0.4) is 0 Å². The summed E-state index contributed by atoms with van der Waals surface area (Å²) < 4.78 is 0.932. The Kier molecular flexibility index (Phi) is 2.36. The molecule has 2 aromatic rings. The fourth-order valence-corrected chi connectivity index (χ4v) is 2.41. The highest BCUT2D eigenvalue weighted by Crippen LogP contribution is 2.26. The van der Waals surface area contributed by atoms with Gasteiger partial charge in [0.1, 0.15) is 12.1 Å². The zero-order valence-electron chi connectivity index (χ0n) is 8.52.